The summed E-state index contributed by atoms with van der Waals surface area (Å²) in [5.41, 5.74) is 0.640. The van der Waals surface area contributed by atoms with Crippen LogP contribution in [-0.4, -0.2) is 34.3 Å². The lowest BCUT2D eigenvalue weighted by atomic mass is 10.1. The Bertz CT molecular complexity index is 680. The molecule has 6 heteroatoms. The van der Waals surface area contributed by atoms with Crippen LogP contribution >= 0.6 is 11.3 Å². The maximum atomic E-state index is 13.6. The van der Waals surface area contributed by atoms with Crippen LogP contribution in [0.2, 0.25) is 0 Å². The van der Waals surface area contributed by atoms with Crippen molar-refractivity contribution >= 4 is 11.3 Å². The van der Waals surface area contributed by atoms with E-state index in [0.29, 0.717) is 18.1 Å². The molecule has 0 bridgehead atoms. The number of nitrogens with zero attached hydrogens (tertiary/aromatic N) is 3. The topological polar surface area (TPSA) is 38.2 Å². The first kappa shape index (κ1) is 16.1. The van der Waals surface area contributed by atoms with E-state index < -0.39 is 0 Å². The van der Waals surface area contributed by atoms with Gasteiger partial charge in [0.1, 0.15) is 15.8 Å². The SMILES string of the molecule is Fc1ccccc1COC1CCN(Cc2nnc(C3CC3)s2)CC1. The van der Waals surface area contributed by atoms with Crippen molar-refractivity contribution in [2.75, 3.05) is 13.1 Å². The van der Waals surface area contributed by atoms with Gasteiger partial charge in [0.05, 0.1) is 19.3 Å². The zero-order valence-corrected chi connectivity index (χ0v) is 14.5. The van der Waals surface area contributed by atoms with Gasteiger partial charge in [-0.05, 0) is 31.7 Å². The van der Waals surface area contributed by atoms with Crippen LogP contribution in [0.15, 0.2) is 24.3 Å². The second-order valence-corrected chi connectivity index (χ2v) is 7.78. The molecule has 1 saturated carbocycles. The fourth-order valence-electron chi connectivity index (χ4n) is 3.07. The minimum Gasteiger partial charge on any atom is -0.373 e. The summed E-state index contributed by atoms with van der Waals surface area (Å²) >= 11 is 1.77. The van der Waals surface area contributed by atoms with Gasteiger partial charge < -0.3 is 4.74 Å². The van der Waals surface area contributed by atoms with Crippen molar-refractivity contribution in [3.05, 3.63) is 45.7 Å². The Balaban J connectivity index is 1.22. The van der Waals surface area contributed by atoms with Gasteiger partial charge >= 0.3 is 0 Å². The fraction of sp³-hybridized carbons (Fsp3) is 0.556. The predicted molar refractivity (Wildman–Crippen MR) is 91.4 cm³/mol. The van der Waals surface area contributed by atoms with E-state index in [9.17, 15) is 4.39 Å². The minimum absolute atomic E-state index is 0.183. The number of hydrogen-bond acceptors (Lipinski definition) is 5. The number of rotatable bonds is 6. The lowest BCUT2D eigenvalue weighted by Gasteiger charge is -2.31. The third kappa shape index (κ3) is 3.99. The predicted octanol–water partition coefficient (Wildman–Crippen LogP) is 3.74. The summed E-state index contributed by atoms with van der Waals surface area (Å²) in [5, 5.41) is 11.0. The van der Waals surface area contributed by atoms with Gasteiger partial charge in [-0.25, -0.2) is 4.39 Å². The van der Waals surface area contributed by atoms with E-state index >= 15 is 0 Å². The van der Waals surface area contributed by atoms with Crippen LogP contribution in [0.3, 0.4) is 0 Å². The van der Waals surface area contributed by atoms with Crippen LogP contribution in [0, 0.1) is 5.82 Å². The molecular weight excluding hydrogens is 325 g/mol. The normalized spacial score (nSPS) is 19.7. The van der Waals surface area contributed by atoms with Crippen LogP contribution in [0.25, 0.3) is 0 Å². The molecule has 0 spiro atoms. The van der Waals surface area contributed by atoms with Gasteiger partial charge in [0.25, 0.3) is 0 Å². The molecule has 2 fully saturated rings. The van der Waals surface area contributed by atoms with E-state index in [0.717, 1.165) is 37.5 Å². The quantitative estimate of drug-likeness (QED) is 0.798. The summed E-state index contributed by atoms with van der Waals surface area (Å²) < 4.78 is 19.5. The van der Waals surface area contributed by atoms with E-state index in [1.54, 1.807) is 23.5 Å². The number of halogens is 1. The average Bonchev–Trinajstić information content (AvgIpc) is 3.35. The molecule has 0 unspecified atom stereocenters. The van der Waals surface area contributed by atoms with Crippen molar-refractivity contribution < 1.29 is 9.13 Å². The second kappa shape index (κ2) is 7.25. The van der Waals surface area contributed by atoms with E-state index in [2.05, 4.69) is 15.1 Å². The summed E-state index contributed by atoms with van der Waals surface area (Å²) in [7, 11) is 0. The smallest absolute Gasteiger partial charge is 0.131 e. The maximum Gasteiger partial charge on any atom is 0.131 e. The first-order valence-corrected chi connectivity index (χ1v) is 9.49. The first-order chi connectivity index (χ1) is 11.8. The van der Waals surface area contributed by atoms with Gasteiger partial charge in [-0.15, -0.1) is 10.2 Å². The van der Waals surface area contributed by atoms with Gasteiger partial charge in [-0.3, -0.25) is 4.90 Å². The van der Waals surface area contributed by atoms with Crippen molar-refractivity contribution in [1.82, 2.24) is 15.1 Å². The number of benzene rings is 1. The van der Waals surface area contributed by atoms with E-state index in [1.165, 1.54) is 23.9 Å². The van der Waals surface area contributed by atoms with Gasteiger partial charge in [-0.1, -0.05) is 29.5 Å². The lowest BCUT2D eigenvalue weighted by molar-refractivity contribution is -0.00497. The number of ether oxygens (including phenoxy) is 1. The Hall–Kier alpha value is -1.37. The monoisotopic (exact) mass is 347 g/mol. The molecule has 0 atom stereocenters. The molecule has 4 rings (SSSR count). The van der Waals surface area contributed by atoms with Crippen molar-refractivity contribution in [1.29, 1.82) is 0 Å². The highest BCUT2D eigenvalue weighted by Gasteiger charge is 2.28. The van der Waals surface area contributed by atoms with Crippen LogP contribution < -0.4 is 0 Å². The van der Waals surface area contributed by atoms with Gasteiger partial charge in [0.2, 0.25) is 0 Å². The van der Waals surface area contributed by atoms with Crippen LogP contribution in [0.5, 0.6) is 0 Å². The molecule has 1 saturated heterocycles. The Morgan fingerprint density at radius 3 is 2.67 bits per heavy atom. The summed E-state index contributed by atoms with van der Waals surface area (Å²) in [6.07, 6.45) is 4.75. The molecule has 2 aromatic rings. The maximum absolute atomic E-state index is 13.6. The van der Waals surface area contributed by atoms with Gasteiger partial charge in [-0.2, -0.15) is 0 Å². The molecule has 1 aliphatic heterocycles. The molecule has 2 aliphatic rings. The highest BCUT2D eigenvalue weighted by atomic mass is 32.1. The van der Waals surface area contributed by atoms with Crippen molar-refractivity contribution in [2.24, 2.45) is 0 Å². The number of aromatic nitrogens is 2. The number of piperidine rings is 1. The van der Waals surface area contributed by atoms with E-state index in [4.69, 9.17) is 4.74 Å². The molecule has 1 aromatic heterocycles. The molecule has 0 N–H and O–H groups in total. The Morgan fingerprint density at radius 2 is 1.92 bits per heavy atom. The highest BCUT2D eigenvalue weighted by molar-refractivity contribution is 7.11. The van der Waals surface area contributed by atoms with Crippen LogP contribution in [0.4, 0.5) is 4.39 Å². The van der Waals surface area contributed by atoms with Crippen molar-refractivity contribution in [2.45, 2.75) is 50.9 Å². The van der Waals surface area contributed by atoms with Crippen LogP contribution in [-0.2, 0) is 17.9 Å². The van der Waals surface area contributed by atoms with Crippen LogP contribution in [0.1, 0.15) is 47.2 Å². The molecule has 1 aromatic carbocycles. The third-order valence-corrected chi connectivity index (χ3v) is 5.81. The van der Waals surface area contributed by atoms with Crippen molar-refractivity contribution in [3.8, 4) is 0 Å². The average molecular weight is 347 g/mol. The third-order valence-electron chi connectivity index (χ3n) is 4.73. The molecule has 0 radical (unpaired) electrons. The molecule has 0 amide bonds. The minimum atomic E-state index is -0.183. The zero-order chi connectivity index (χ0) is 16.4. The summed E-state index contributed by atoms with van der Waals surface area (Å²) in [6, 6.07) is 6.83. The standard InChI is InChI=1S/C18H22FN3OS/c19-16-4-2-1-3-14(16)12-23-15-7-9-22(10-8-15)11-17-20-21-18(24-17)13-5-6-13/h1-4,13,15H,5-12H2. The Morgan fingerprint density at radius 1 is 1.12 bits per heavy atom. The fourth-order valence-corrected chi connectivity index (χ4v) is 4.13. The van der Waals surface area contributed by atoms with Gasteiger partial charge in [0, 0.05) is 24.6 Å². The second-order valence-electron chi connectivity index (χ2n) is 6.69. The molecule has 4 nitrogen and oxygen atoms in total. The lowest BCUT2D eigenvalue weighted by Crippen LogP contribution is -2.36. The molecule has 128 valence electrons. The Labute approximate surface area is 145 Å². The summed E-state index contributed by atoms with van der Waals surface area (Å²) in [5.74, 6) is 0.506. The summed E-state index contributed by atoms with van der Waals surface area (Å²) in [4.78, 5) is 2.42. The molecule has 2 heterocycles. The highest BCUT2D eigenvalue weighted by Crippen LogP contribution is 2.41. The largest absolute Gasteiger partial charge is 0.373 e. The van der Waals surface area contributed by atoms with Gasteiger partial charge in [0.15, 0.2) is 0 Å². The summed E-state index contributed by atoms with van der Waals surface area (Å²) in [6.45, 7) is 3.25. The zero-order valence-electron chi connectivity index (χ0n) is 13.7. The van der Waals surface area contributed by atoms with Crippen molar-refractivity contribution in [3.63, 3.8) is 0 Å². The van der Waals surface area contributed by atoms with E-state index in [-0.39, 0.29) is 11.9 Å². The molecule has 1 aliphatic carbocycles. The van der Waals surface area contributed by atoms with E-state index in [1.807, 2.05) is 6.07 Å². The molecular formula is C18H22FN3OS. The Kier molecular flexibility index (Phi) is 4.87. The number of likely N-dealkylation sites (tertiary alicyclic amines) is 1. The first-order valence-electron chi connectivity index (χ1n) is 8.67. The number of hydrogen-bond donors (Lipinski definition) is 0. The molecule has 24 heavy (non-hydrogen) atoms.